The van der Waals surface area contributed by atoms with Gasteiger partial charge in [-0.1, -0.05) is 44.0 Å². The van der Waals surface area contributed by atoms with Crippen LogP contribution in [0.2, 0.25) is 0 Å². The second-order valence-corrected chi connectivity index (χ2v) is 7.82. The Kier molecular flexibility index (Phi) is 8.39. The molecule has 2 heterocycles. The smallest absolute Gasteiger partial charge is 0.302 e. The lowest BCUT2D eigenvalue weighted by atomic mass is 10.0. The number of hydrogen-bond acceptors (Lipinski definition) is 5. The highest BCUT2D eigenvalue weighted by atomic mass is 79.9. The molecule has 0 aliphatic carbocycles. The van der Waals surface area contributed by atoms with Gasteiger partial charge in [0.25, 0.3) is 0 Å². The molecule has 2 bridgehead atoms. The van der Waals surface area contributed by atoms with Crippen molar-refractivity contribution in [2.75, 3.05) is 7.11 Å². The van der Waals surface area contributed by atoms with E-state index in [-0.39, 0.29) is 47.4 Å². The van der Waals surface area contributed by atoms with E-state index in [1.54, 1.807) is 12.1 Å². The van der Waals surface area contributed by atoms with Crippen molar-refractivity contribution in [1.82, 2.24) is 0 Å². The molecule has 7 heteroatoms. The Hall–Kier alpha value is -0.430. The van der Waals surface area contributed by atoms with Crippen LogP contribution >= 0.6 is 31.9 Å². The summed E-state index contributed by atoms with van der Waals surface area (Å²) in [7, 11) is 1.64. The molecule has 140 valence electrons. The Balaban J connectivity index is 2.30. The Bertz CT molecular complexity index is 544. The van der Waals surface area contributed by atoms with Gasteiger partial charge in [-0.3, -0.25) is 4.79 Å². The second-order valence-electron chi connectivity index (χ2n) is 6.18. The molecule has 0 saturated carbocycles. The number of carbonyl (C=O) groups excluding carboxylic acids is 1. The first kappa shape index (κ1) is 20.9. The van der Waals surface area contributed by atoms with Gasteiger partial charge in [0.15, 0.2) is 0 Å². The zero-order valence-corrected chi connectivity index (χ0v) is 17.7. The van der Waals surface area contributed by atoms with Crippen molar-refractivity contribution in [3.63, 3.8) is 0 Å². The van der Waals surface area contributed by atoms with E-state index in [1.807, 2.05) is 25.2 Å². The van der Waals surface area contributed by atoms with Gasteiger partial charge in [-0.15, -0.1) is 5.73 Å². The highest BCUT2D eigenvalue weighted by molar-refractivity contribution is 9.11. The van der Waals surface area contributed by atoms with Crippen LogP contribution in [0.3, 0.4) is 0 Å². The predicted molar refractivity (Wildman–Crippen MR) is 102 cm³/mol. The molecule has 7 atom stereocenters. The minimum absolute atomic E-state index is 0.126. The maximum absolute atomic E-state index is 11.5. The molecule has 0 aromatic carbocycles. The Morgan fingerprint density at radius 3 is 2.72 bits per heavy atom. The molecule has 2 aliphatic rings. The monoisotopic (exact) mass is 478 g/mol. The highest BCUT2D eigenvalue weighted by Gasteiger charge is 2.43. The third-order valence-electron chi connectivity index (χ3n) is 4.32. The zero-order chi connectivity index (χ0) is 18.4. The van der Waals surface area contributed by atoms with E-state index in [0.717, 1.165) is 6.42 Å². The minimum Gasteiger partial charge on any atom is -0.460 e. The van der Waals surface area contributed by atoms with Gasteiger partial charge in [0.2, 0.25) is 0 Å². The maximum Gasteiger partial charge on any atom is 0.302 e. The fourth-order valence-electron chi connectivity index (χ4n) is 3.14. The summed E-state index contributed by atoms with van der Waals surface area (Å²) in [5.74, 6) is -0.315. The van der Waals surface area contributed by atoms with Gasteiger partial charge in [-0.25, -0.2) is 0 Å². The quantitative estimate of drug-likeness (QED) is 0.267. The van der Waals surface area contributed by atoms with Crippen molar-refractivity contribution in [1.29, 1.82) is 0 Å². The lowest BCUT2D eigenvalue weighted by Gasteiger charge is -2.27. The van der Waals surface area contributed by atoms with Crippen LogP contribution in [-0.4, -0.2) is 54.5 Å². The molecule has 2 aliphatic heterocycles. The van der Waals surface area contributed by atoms with Gasteiger partial charge in [-0.05, 0) is 19.4 Å². The van der Waals surface area contributed by atoms with Gasteiger partial charge in [-0.2, -0.15) is 0 Å². The number of halogens is 2. The Morgan fingerprint density at radius 1 is 1.32 bits per heavy atom. The predicted octanol–water partition coefficient (Wildman–Crippen LogP) is 3.65. The number of esters is 1. The fourth-order valence-corrected chi connectivity index (χ4v) is 4.22. The summed E-state index contributed by atoms with van der Waals surface area (Å²) in [4.78, 5) is 13.3. The van der Waals surface area contributed by atoms with E-state index < -0.39 is 0 Å². The van der Waals surface area contributed by atoms with Crippen molar-refractivity contribution in [3.8, 4) is 0 Å². The van der Waals surface area contributed by atoms with Crippen LogP contribution < -0.4 is 0 Å². The number of methoxy groups -OCH3 is 1. The first-order valence-corrected chi connectivity index (χ1v) is 10.1. The summed E-state index contributed by atoms with van der Waals surface area (Å²) in [6, 6.07) is 0. The van der Waals surface area contributed by atoms with Gasteiger partial charge in [0, 0.05) is 30.3 Å². The molecule has 0 radical (unpaired) electrons. The van der Waals surface area contributed by atoms with Gasteiger partial charge < -0.3 is 18.9 Å². The maximum atomic E-state index is 11.5. The van der Waals surface area contributed by atoms with Crippen LogP contribution in [0, 0.1) is 0 Å². The molecule has 2 rings (SSSR count). The van der Waals surface area contributed by atoms with Crippen LogP contribution in [0.25, 0.3) is 0 Å². The molecular weight excluding hydrogens is 456 g/mol. The number of rotatable bonds is 3. The van der Waals surface area contributed by atoms with Crippen LogP contribution in [0.15, 0.2) is 28.9 Å². The number of carbonyl (C=O) groups is 1. The molecule has 1 fully saturated rings. The van der Waals surface area contributed by atoms with E-state index in [2.05, 4.69) is 37.6 Å². The lowest BCUT2D eigenvalue weighted by molar-refractivity contribution is -0.159. The second kappa shape index (κ2) is 10.0. The third kappa shape index (κ3) is 6.05. The standard InChI is InChI=1S/C18H24Br2O5/c1-11-18-15(20)10-17(25-18)16(24-12(2)21)9-14(22-3)7-6-13(23-11)5-4-8-19/h5-8,11,13-18H,9-10H2,1-3H3/b7-6+/t4?,11-,13+,14-,15-,16-,17-,18+/m0/s1. The highest BCUT2D eigenvalue weighted by Crippen LogP contribution is 2.34. The van der Waals surface area contributed by atoms with E-state index >= 15 is 0 Å². The van der Waals surface area contributed by atoms with Crippen molar-refractivity contribution in [2.45, 2.75) is 68.1 Å². The van der Waals surface area contributed by atoms with Crippen LogP contribution in [0.1, 0.15) is 26.7 Å². The molecular formula is C18H24Br2O5. The fraction of sp³-hybridized carbons (Fsp3) is 0.667. The van der Waals surface area contributed by atoms with Gasteiger partial charge >= 0.3 is 5.97 Å². The number of fused-ring (bicyclic) bond motifs is 2. The van der Waals surface area contributed by atoms with Crippen molar-refractivity contribution < 1.29 is 23.7 Å². The molecule has 0 spiro atoms. The number of ether oxygens (including phenoxy) is 4. The zero-order valence-electron chi connectivity index (χ0n) is 14.6. The summed E-state index contributed by atoms with van der Waals surface area (Å²) >= 11 is 6.90. The number of hydrogen-bond donors (Lipinski definition) is 0. The molecule has 1 saturated heterocycles. The first-order chi connectivity index (χ1) is 11.9. The lowest BCUT2D eigenvalue weighted by Crippen LogP contribution is -2.36. The summed E-state index contributed by atoms with van der Waals surface area (Å²) in [6.45, 7) is 3.40. The largest absolute Gasteiger partial charge is 0.460 e. The molecule has 0 aromatic heterocycles. The molecule has 5 nitrogen and oxygen atoms in total. The SMILES string of the molecule is CO[C@H]1/C=C/[C@@H](C=C=CBr)O[C@@H](C)[C@H]2O[C@@H](C[C@@H]2Br)[C@@H](OC(C)=O)C1. The first-order valence-electron chi connectivity index (χ1n) is 8.29. The summed E-state index contributed by atoms with van der Waals surface area (Å²) in [5, 5.41) is 0. The average Bonchev–Trinajstić information content (AvgIpc) is 2.94. The van der Waals surface area contributed by atoms with E-state index in [0.29, 0.717) is 6.42 Å². The van der Waals surface area contributed by atoms with Crippen LogP contribution in [-0.2, 0) is 23.7 Å². The topological polar surface area (TPSA) is 54.0 Å². The van der Waals surface area contributed by atoms with Crippen LogP contribution in [0.4, 0.5) is 0 Å². The summed E-state index contributed by atoms with van der Waals surface area (Å²) < 4.78 is 23.4. The average molecular weight is 480 g/mol. The summed E-state index contributed by atoms with van der Waals surface area (Å²) in [5.41, 5.74) is 2.99. The molecule has 0 amide bonds. The Morgan fingerprint density at radius 2 is 2.08 bits per heavy atom. The van der Waals surface area contributed by atoms with E-state index in [4.69, 9.17) is 18.9 Å². The summed E-state index contributed by atoms with van der Waals surface area (Å²) in [6.07, 6.45) is 5.69. The third-order valence-corrected chi connectivity index (χ3v) is 5.48. The molecule has 0 aromatic rings. The molecule has 0 N–H and O–H groups in total. The number of alkyl halides is 1. The van der Waals surface area contributed by atoms with Crippen molar-refractivity contribution >= 4 is 37.8 Å². The minimum atomic E-state index is -0.362. The Labute approximate surface area is 165 Å². The molecule has 25 heavy (non-hydrogen) atoms. The normalized spacial score (nSPS) is 39.6. The van der Waals surface area contributed by atoms with Crippen molar-refractivity contribution in [2.24, 2.45) is 0 Å². The van der Waals surface area contributed by atoms with Gasteiger partial charge in [0.05, 0.1) is 24.4 Å². The molecule has 0 unspecified atom stereocenters. The van der Waals surface area contributed by atoms with Gasteiger partial charge in [0.1, 0.15) is 12.2 Å². The van der Waals surface area contributed by atoms with Crippen LogP contribution in [0.5, 0.6) is 0 Å². The van der Waals surface area contributed by atoms with E-state index in [9.17, 15) is 4.79 Å². The van der Waals surface area contributed by atoms with Crippen molar-refractivity contribution in [3.05, 3.63) is 28.9 Å². The van der Waals surface area contributed by atoms with E-state index in [1.165, 1.54) is 6.92 Å².